The summed E-state index contributed by atoms with van der Waals surface area (Å²) in [5.41, 5.74) is 2.76. The van der Waals surface area contributed by atoms with E-state index in [9.17, 15) is 9.50 Å². The van der Waals surface area contributed by atoms with Crippen LogP contribution in [0.2, 0.25) is 5.02 Å². The Labute approximate surface area is 154 Å². The van der Waals surface area contributed by atoms with Gasteiger partial charge in [0.2, 0.25) is 0 Å². The Balaban J connectivity index is 2.21. The first-order chi connectivity index (χ1) is 12.1. The molecule has 0 aromatic heterocycles. The molecule has 0 saturated carbocycles. The van der Waals surface area contributed by atoms with Crippen molar-refractivity contribution in [2.45, 2.75) is 27.0 Å². The molecule has 5 heteroatoms. The minimum Gasteiger partial charge on any atom is -0.392 e. The highest BCUT2D eigenvalue weighted by Crippen LogP contribution is 2.25. The maximum absolute atomic E-state index is 13.2. The van der Waals surface area contributed by atoms with Crippen LogP contribution in [0.1, 0.15) is 25.0 Å². The van der Waals surface area contributed by atoms with Gasteiger partial charge < -0.3 is 14.9 Å². The summed E-state index contributed by atoms with van der Waals surface area (Å²) in [6, 6.07) is 12.3. The Hall–Kier alpha value is -1.62. The highest BCUT2D eigenvalue weighted by molar-refractivity contribution is 6.31. The lowest BCUT2D eigenvalue weighted by atomic mass is 10.1. The van der Waals surface area contributed by atoms with Crippen molar-refractivity contribution in [3.05, 3.63) is 64.4 Å². The van der Waals surface area contributed by atoms with Gasteiger partial charge in [0, 0.05) is 30.3 Å². The molecule has 25 heavy (non-hydrogen) atoms. The number of aliphatic hydroxyl groups is 1. The molecule has 0 unspecified atom stereocenters. The quantitative estimate of drug-likeness (QED) is 0.717. The van der Waals surface area contributed by atoms with Crippen molar-refractivity contribution in [1.82, 2.24) is 4.90 Å². The van der Waals surface area contributed by atoms with Crippen LogP contribution in [0.15, 0.2) is 42.5 Å². The average Bonchev–Trinajstić information content (AvgIpc) is 2.63. The van der Waals surface area contributed by atoms with Crippen LogP contribution in [0.4, 0.5) is 10.1 Å². The molecule has 0 radical (unpaired) electrons. The van der Waals surface area contributed by atoms with E-state index in [-0.39, 0.29) is 12.4 Å². The normalized spacial score (nSPS) is 11.1. The monoisotopic (exact) mass is 364 g/mol. The van der Waals surface area contributed by atoms with E-state index in [4.69, 9.17) is 11.6 Å². The molecule has 3 nitrogen and oxygen atoms in total. The highest BCUT2D eigenvalue weighted by Gasteiger charge is 2.11. The van der Waals surface area contributed by atoms with E-state index in [0.717, 1.165) is 43.0 Å². The predicted molar refractivity (Wildman–Crippen MR) is 103 cm³/mol. The molecule has 136 valence electrons. The summed E-state index contributed by atoms with van der Waals surface area (Å²) in [5, 5.41) is 9.87. The zero-order valence-electron chi connectivity index (χ0n) is 14.9. The summed E-state index contributed by atoms with van der Waals surface area (Å²) < 4.78 is 13.2. The molecule has 0 spiro atoms. The Morgan fingerprint density at radius 3 is 2.24 bits per heavy atom. The largest absolute Gasteiger partial charge is 0.392 e. The first-order valence-electron chi connectivity index (χ1n) is 8.68. The Morgan fingerprint density at radius 2 is 1.68 bits per heavy atom. The number of anilines is 1. The maximum Gasteiger partial charge on any atom is 0.123 e. The van der Waals surface area contributed by atoms with Gasteiger partial charge in [-0.3, -0.25) is 0 Å². The Kier molecular flexibility index (Phi) is 7.69. The molecule has 1 N–H and O–H groups in total. The summed E-state index contributed by atoms with van der Waals surface area (Å²) in [7, 11) is 0. The van der Waals surface area contributed by atoms with Crippen molar-refractivity contribution in [2.24, 2.45) is 0 Å². The Morgan fingerprint density at radius 1 is 1.00 bits per heavy atom. The molecular weight excluding hydrogens is 339 g/mol. The standard InChI is InChI=1S/C20H26ClFN2O/c1-3-23(4-2)11-12-24(14-16-5-8-18(22)9-6-16)19-10-7-17(15-25)20(21)13-19/h5-10,13,25H,3-4,11-12,14-15H2,1-2H3. The van der Waals surface area contributed by atoms with Crippen molar-refractivity contribution in [3.8, 4) is 0 Å². The van der Waals surface area contributed by atoms with Crippen molar-refractivity contribution in [2.75, 3.05) is 31.1 Å². The van der Waals surface area contributed by atoms with E-state index in [0.29, 0.717) is 11.6 Å². The number of likely N-dealkylation sites (N-methyl/N-ethyl adjacent to an activating group) is 1. The summed E-state index contributed by atoms with van der Waals surface area (Å²) in [6.45, 7) is 8.70. The topological polar surface area (TPSA) is 26.7 Å². The molecule has 2 aromatic rings. The number of hydrogen-bond donors (Lipinski definition) is 1. The molecule has 0 aliphatic rings. The van der Waals surface area contributed by atoms with Gasteiger partial charge in [0.1, 0.15) is 5.82 Å². The number of halogens is 2. The van der Waals surface area contributed by atoms with Crippen LogP contribution in [0.3, 0.4) is 0 Å². The first-order valence-corrected chi connectivity index (χ1v) is 9.06. The average molecular weight is 365 g/mol. The number of aliphatic hydroxyl groups excluding tert-OH is 1. The van der Waals surface area contributed by atoms with Crippen molar-refractivity contribution < 1.29 is 9.50 Å². The van der Waals surface area contributed by atoms with Crippen molar-refractivity contribution in [3.63, 3.8) is 0 Å². The molecule has 0 bridgehead atoms. The fraction of sp³-hybridized carbons (Fsp3) is 0.400. The molecule has 0 atom stereocenters. The SMILES string of the molecule is CCN(CC)CCN(Cc1ccc(F)cc1)c1ccc(CO)c(Cl)c1. The van der Waals surface area contributed by atoms with E-state index in [1.165, 1.54) is 12.1 Å². The zero-order chi connectivity index (χ0) is 18.2. The van der Waals surface area contributed by atoms with Gasteiger partial charge in [0.25, 0.3) is 0 Å². The van der Waals surface area contributed by atoms with Crippen LogP contribution < -0.4 is 4.90 Å². The van der Waals surface area contributed by atoms with Gasteiger partial charge in [-0.25, -0.2) is 4.39 Å². The second kappa shape index (κ2) is 9.76. The minimum atomic E-state index is -0.228. The van der Waals surface area contributed by atoms with Crippen LogP contribution >= 0.6 is 11.6 Å². The van der Waals surface area contributed by atoms with Gasteiger partial charge in [-0.2, -0.15) is 0 Å². The van der Waals surface area contributed by atoms with Crippen molar-refractivity contribution >= 4 is 17.3 Å². The lowest BCUT2D eigenvalue weighted by Crippen LogP contribution is -2.35. The molecule has 0 amide bonds. The van der Waals surface area contributed by atoms with E-state index in [1.807, 2.05) is 30.3 Å². The number of rotatable bonds is 9. The summed E-state index contributed by atoms with van der Waals surface area (Å²) in [4.78, 5) is 4.60. The van der Waals surface area contributed by atoms with Gasteiger partial charge in [0.15, 0.2) is 0 Å². The summed E-state index contributed by atoms with van der Waals surface area (Å²) in [5.74, 6) is -0.228. The number of hydrogen-bond acceptors (Lipinski definition) is 3. The molecule has 2 rings (SSSR count). The summed E-state index contributed by atoms with van der Waals surface area (Å²) >= 11 is 6.27. The van der Waals surface area contributed by atoms with Crippen LogP contribution in [0.5, 0.6) is 0 Å². The molecule has 0 aliphatic carbocycles. The third-order valence-electron chi connectivity index (χ3n) is 4.44. The van der Waals surface area contributed by atoms with E-state index in [1.54, 1.807) is 0 Å². The van der Waals surface area contributed by atoms with Gasteiger partial charge >= 0.3 is 0 Å². The predicted octanol–water partition coefficient (Wildman–Crippen LogP) is 4.32. The molecular formula is C20H26ClFN2O. The Bertz CT molecular complexity index is 659. The second-order valence-corrected chi connectivity index (χ2v) is 6.42. The molecule has 0 aliphatic heterocycles. The van der Waals surface area contributed by atoms with Crippen LogP contribution in [0, 0.1) is 5.82 Å². The third kappa shape index (κ3) is 5.70. The van der Waals surface area contributed by atoms with Gasteiger partial charge in [-0.05, 0) is 48.5 Å². The lowest BCUT2D eigenvalue weighted by Gasteiger charge is -2.29. The van der Waals surface area contributed by atoms with Gasteiger partial charge in [0.05, 0.1) is 6.61 Å². The van der Waals surface area contributed by atoms with E-state index >= 15 is 0 Å². The van der Waals surface area contributed by atoms with Gasteiger partial charge in [-0.15, -0.1) is 0 Å². The second-order valence-electron chi connectivity index (χ2n) is 6.01. The van der Waals surface area contributed by atoms with Crippen LogP contribution in [-0.2, 0) is 13.2 Å². The van der Waals surface area contributed by atoms with Crippen LogP contribution in [-0.4, -0.2) is 36.2 Å². The van der Waals surface area contributed by atoms with Gasteiger partial charge in [-0.1, -0.05) is 43.6 Å². The molecule has 2 aromatic carbocycles. The smallest absolute Gasteiger partial charge is 0.123 e. The zero-order valence-corrected chi connectivity index (χ0v) is 15.6. The fourth-order valence-electron chi connectivity index (χ4n) is 2.77. The van der Waals surface area contributed by atoms with E-state index in [2.05, 4.69) is 23.6 Å². The van der Waals surface area contributed by atoms with Crippen molar-refractivity contribution in [1.29, 1.82) is 0 Å². The minimum absolute atomic E-state index is 0.0729. The highest BCUT2D eigenvalue weighted by atomic mass is 35.5. The number of nitrogens with zero attached hydrogens (tertiary/aromatic N) is 2. The maximum atomic E-state index is 13.2. The lowest BCUT2D eigenvalue weighted by molar-refractivity contribution is 0.282. The number of benzene rings is 2. The molecule has 0 saturated heterocycles. The first kappa shape index (κ1) is 19.7. The fourth-order valence-corrected chi connectivity index (χ4v) is 3.01. The van der Waals surface area contributed by atoms with Crippen LogP contribution in [0.25, 0.3) is 0 Å². The third-order valence-corrected chi connectivity index (χ3v) is 4.79. The van der Waals surface area contributed by atoms with E-state index < -0.39 is 0 Å². The summed E-state index contributed by atoms with van der Waals surface area (Å²) in [6.07, 6.45) is 0. The molecule has 0 fully saturated rings. The molecule has 0 heterocycles.